The first kappa shape index (κ1) is 9.96. The maximum absolute atomic E-state index is 13.2. The first-order chi connectivity index (χ1) is 8.24. The van der Waals surface area contributed by atoms with E-state index >= 15 is 0 Å². The molecular formula is C13H10FN3. The number of hydrogen-bond acceptors (Lipinski definition) is 2. The minimum Gasteiger partial charge on any atom is -0.282 e. The van der Waals surface area contributed by atoms with Gasteiger partial charge in [-0.3, -0.25) is 4.40 Å². The van der Waals surface area contributed by atoms with E-state index in [0.717, 1.165) is 16.8 Å². The summed E-state index contributed by atoms with van der Waals surface area (Å²) in [5, 5.41) is 8.15. The fourth-order valence-electron chi connectivity index (χ4n) is 1.82. The van der Waals surface area contributed by atoms with Crippen molar-refractivity contribution in [1.29, 1.82) is 0 Å². The molecule has 0 aliphatic rings. The molecule has 3 aromatic rings. The van der Waals surface area contributed by atoms with Gasteiger partial charge in [-0.1, -0.05) is 18.2 Å². The van der Waals surface area contributed by atoms with Gasteiger partial charge in [-0.15, -0.1) is 10.2 Å². The Morgan fingerprint density at radius 3 is 2.82 bits per heavy atom. The summed E-state index contributed by atoms with van der Waals surface area (Å²) >= 11 is 0. The van der Waals surface area contributed by atoms with Crippen molar-refractivity contribution in [2.24, 2.45) is 0 Å². The Kier molecular flexibility index (Phi) is 2.14. The van der Waals surface area contributed by atoms with Gasteiger partial charge in [0, 0.05) is 11.8 Å². The lowest BCUT2D eigenvalue weighted by Crippen LogP contribution is -1.90. The molecule has 4 heteroatoms. The number of pyridine rings is 1. The van der Waals surface area contributed by atoms with Crippen LogP contribution in [0.25, 0.3) is 17.0 Å². The Morgan fingerprint density at radius 2 is 2.00 bits per heavy atom. The predicted molar refractivity (Wildman–Crippen MR) is 63.1 cm³/mol. The van der Waals surface area contributed by atoms with Crippen LogP contribution in [-0.4, -0.2) is 14.6 Å². The summed E-state index contributed by atoms with van der Waals surface area (Å²) in [4.78, 5) is 0. The fraction of sp³-hybridized carbons (Fsp3) is 0.0769. The van der Waals surface area contributed by atoms with Crippen molar-refractivity contribution in [3.05, 3.63) is 54.0 Å². The van der Waals surface area contributed by atoms with E-state index in [0.29, 0.717) is 5.82 Å². The van der Waals surface area contributed by atoms with E-state index in [2.05, 4.69) is 10.2 Å². The molecule has 0 bridgehead atoms. The normalized spacial score (nSPS) is 10.9. The number of benzene rings is 1. The van der Waals surface area contributed by atoms with Crippen LogP contribution in [-0.2, 0) is 0 Å². The van der Waals surface area contributed by atoms with Crippen LogP contribution >= 0.6 is 0 Å². The van der Waals surface area contributed by atoms with E-state index in [-0.39, 0.29) is 5.82 Å². The lowest BCUT2D eigenvalue weighted by molar-refractivity contribution is 0.628. The summed E-state index contributed by atoms with van der Waals surface area (Å²) in [5.74, 6) is 0.384. The third-order valence-electron chi connectivity index (χ3n) is 2.63. The first-order valence-electron chi connectivity index (χ1n) is 5.31. The van der Waals surface area contributed by atoms with Gasteiger partial charge in [-0.05, 0) is 30.7 Å². The predicted octanol–water partition coefficient (Wildman–Crippen LogP) is 2.84. The summed E-state index contributed by atoms with van der Waals surface area (Å²) < 4.78 is 15.0. The van der Waals surface area contributed by atoms with E-state index in [1.54, 1.807) is 6.07 Å². The Hall–Kier alpha value is -2.23. The molecule has 0 aliphatic heterocycles. The van der Waals surface area contributed by atoms with Gasteiger partial charge in [0.1, 0.15) is 5.82 Å². The Morgan fingerprint density at radius 1 is 1.12 bits per heavy atom. The zero-order valence-corrected chi connectivity index (χ0v) is 9.26. The minimum atomic E-state index is -0.271. The van der Waals surface area contributed by atoms with Crippen molar-refractivity contribution in [2.45, 2.75) is 6.92 Å². The zero-order chi connectivity index (χ0) is 11.8. The second-order valence-corrected chi connectivity index (χ2v) is 3.97. The lowest BCUT2D eigenvalue weighted by atomic mass is 10.2. The van der Waals surface area contributed by atoms with Crippen molar-refractivity contribution in [1.82, 2.24) is 14.6 Å². The second-order valence-electron chi connectivity index (χ2n) is 3.97. The maximum Gasteiger partial charge on any atom is 0.168 e. The molecule has 0 fully saturated rings. The summed E-state index contributed by atoms with van der Waals surface area (Å²) in [5.41, 5.74) is 2.59. The van der Waals surface area contributed by atoms with Crippen molar-refractivity contribution in [3.63, 3.8) is 0 Å². The molecule has 0 N–H and O–H groups in total. The van der Waals surface area contributed by atoms with Crippen LogP contribution in [0.4, 0.5) is 4.39 Å². The van der Waals surface area contributed by atoms with Crippen LogP contribution in [0, 0.1) is 12.7 Å². The smallest absolute Gasteiger partial charge is 0.168 e. The molecule has 0 saturated heterocycles. The molecule has 3 nitrogen and oxygen atoms in total. The highest BCUT2D eigenvalue weighted by Crippen LogP contribution is 2.19. The molecule has 17 heavy (non-hydrogen) atoms. The second kappa shape index (κ2) is 3.66. The van der Waals surface area contributed by atoms with Gasteiger partial charge in [0.25, 0.3) is 0 Å². The monoisotopic (exact) mass is 227 g/mol. The summed E-state index contributed by atoms with van der Waals surface area (Å²) in [6, 6.07) is 10.2. The maximum atomic E-state index is 13.2. The first-order valence-corrected chi connectivity index (χ1v) is 5.31. The quantitative estimate of drug-likeness (QED) is 0.640. The van der Waals surface area contributed by atoms with Crippen LogP contribution in [0.15, 0.2) is 42.6 Å². The molecule has 0 amide bonds. The summed E-state index contributed by atoms with van der Waals surface area (Å²) in [6.45, 7) is 1.99. The third kappa shape index (κ3) is 1.67. The summed E-state index contributed by atoms with van der Waals surface area (Å²) in [6.07, 6.45) is 1.94. The van der Waals surface area contributed by atoms with Crippen LogP contribution in [0.1, 0.15) is 5.56 Å². The number of nitrogens with zero attached hydrogens (tertiary/aromatic N) is 3. The van der Waals surface area contributed by atoms with E-state index < -0.39 is 0 Å². The summed E-state index contributed by atoms with van der Waals surface area (Å²) in [7, 11) is 0. The molecule has 0 saturated carbocycles. The van der Waals surface area contributed by atoms with Crippen LogP contribution in [0.3, 0.4) is 0 Å². The number of halogens is 1. The molecule has 0 atom stereocenters. The molecule has 2 heterocycles. The standard InChI is InChI=1S/C13H10FN3/c1-9-5-6-12-15-16-13(17(12)8-9)10-3-2-4-11(14)7-10/h2-8H,1H3. The van der Waals surface area contributed by atoms with Crippen molar-refractivity contribution in [3.8, 4) is 11.4 Å². The Bertz CT molecular complexity index is 688. The van der Waals surface area contributed by atoms with Crippen molar-refractivity contribution >= 4 is 5.65 Å². The average molecular weight is 227 g/mol. The number of rotatable bonds is 1. The van der Waals surface area contributed by atoms with E-state index in [1.165, 1.54) is 12.1 Å². The number of aromatic nitrogens is 3. The van der Waals surface area contributed by atoms with Gasteiger partial charge in [0.2, 0.25) is 0 Å². The zero-order valence-electron chi connectivity index (χ0n) is 9.26. The van der Waals surface area contributed by atoms with Gasteiger partial charge >= 0.3 is 0 Å². The number of aryl methyl sites for hydroxylation is 1. The van der Waals surface area contributed by atoms with Crippen LogP contribution in [0.5, 0.6) is 0 Å². The highest BCUT2D eigenvalue weighted by Gasteiger charge is 2.08. The van der Waals surface area contributed by atoms with Gasteiger partial charge in [-0.2, -0.15) is 0 Å². The van der Waals surface area contributed by atoms with Gasteiger partial charge < -0.3 is 0 Å². The molecular weight excluding hydrogens is 217 g/mol. The molecule has 2 aromatic heterocycles. The highest BCUT2D eigenvalue weighted by molar-refractivity contribution is 5.59. The van der Waals surface area contributed by atoms with Gasteiger partial charge in [-0.25, -0.2) is 4.39 Å². The van der Waals surface area contributed by atoms with E-state index in [4.69, 9.17) is 0 Å². The van der Waals surface area contributed by atoms with Crippen LogP contribution < -0.4 is 0 Å². The topological polar surface area (TPSA) is 30.2 Å². The Labute approximate surface area is 97.5 Å². The molecule has 1 aromatic carbocycles. The largest absolute Gasteiger partial charge is 0.282 e. The molecule has 0 aliphatic carbocycles. The number of fused-ring (bicyclic) bond motifs is 1. The SMILES string of the molecule is Cc1ccc2nnc(-c3cccc(F)c3)n2c1. The third-order valence-corrected chi connectivity index (χ3v) is 2.63. The molecule has 0 unspecified atom stereocenters. The molecule has 0 radical (unpaired) electrons. The van der Waals surface area contributed by atoms with E-state index in [9.17, 15) is 4.39 Å². The average Bonchev–Trinajstić information content (AvgIpc) is 2.71. The molecule has 84 valence electrons. The van der Waals surface area contributed by atoms with E-state index in [1.807, 2.05) is 35.7 Å². The lowest BCUT2D eigenvalue weighted by Gasteiger charge is -2.01. The molecule has 0 spiro atoms. The van der Waals surface area contributed by atoms with Gasteiger partial charge in [0.05, 0.1) is 0 Å². The van der Waals surface area contributed by atoms with Crippen LogP contribution in [0.2, 0.25) is 0 Å². The fourth-order valence-corrected chi connectivity index (χ4v) is 1.82. The van der Waals surface area contributed by atoms with Gasteiger partial charge in [0.15, 0.2) is 11.5 Å². The number of hydrogen-bond donors (Lipinski definition) is 0. The minimum absolute atomic E-state index is 0.271. The van der Waals surface area contributed by atoms with Crippen molar-refractivity contribution in [2.75, 3.05) is 0 Å². The highest BCUT2D eigenvalue weighted by atomic mass is 19.1. The Balaban J connectivity index is 2.27. The molecule has 3 rings (SSSR count). The van der Waals surface area contributed by atoms with Crippen molar-refractivity contribution < 1.29 is 4.39 Å².